The fourth-order valence-electron chi connectivity index (χ4n) is 2.12. The van der Waals surface area contributed by atoms with Crippen LogP contribution in [0.3, 0.4) is 0 Å². The van der Waals surface area contributed by atoms with E-state index in [2.05, 4.69) is 10.3 Å². The number of hydrogen-bond donors (Lipinski definition) is 1. The summed E-state index contributed by atoms with van der Waals surface area (Å²) in [5.74, 6) is 0.603. The molecule has 0 amide bonds. The summed E-state index contributed by atoms with van der Waals surface area (Å²) in [7, 11) is -0.589. The van der Waals surface area contributed by atoms with Crippen LogP contribution in [0.4, 0.5) is 5.82 Å². The van der Waals surface area contributed by atoms with Crippen molar-refractivity contribution in [3.05, 3.63) is 22.7 Å². The Balaban J connectivity index is 2.40. The van der Waals surface area contributed by atoms with Crippen LogP contribution in [0.15, 0.2) is 9.42 Å². The molecule has 0 fully saturated rings. The molecule has 2 heterocycles. The molecule has 0 unspecified atom stereocenters. The molecule has 0 aliphatic carbocycles. The third-order valence-electron chi connectivity index (χ3n) is 3.53. The number of aromatic nitrogens is 3. The number of aryl methyl sites for hydroxylation is 3. The molecule has 2 aromatic rings. The molecule has 0 saturated heterocycles. The van der Waals surface area contributed by atoms with Crippen LogP contribution in [0.1, 0.15) is 22.7 Å². The Labute approximate surface area is 123 Å². The van der Waals surface area contributed by atoms with Crippen molar-refractivity contribution in [3.63, 3.8) is 0 Å². The average Bonchev–Trinajstić information content (AvgIpc) is 2.83. The van der Waals surface area contributed by atoms with Crippen LogP contribution in [-0.2, 0) is 23.6 Å². The normalized spacial score (nSPS) is 12.3. The lowest BCUT2D eigenvalue weighted by Gasteiger charge is -2.17. The Hall–Kier alpha value is -1.87. The van der Waals surface area contributed by atoms with Crippen molar-refractivity contribution in [3.8, 4) is 0 Å². The van der Waals surface area contributed by atoms with Gasteiger partial charge in [-0.15, -0.1) is 0 Å². The lowest BCUT2D eigenvalue weighted by Crippen LogP contribution is -2.28. The molecule has 21 heavy (non-hydrogen) atoms. The number of nitrogens with two attached hydrogens (primary N) is 1. The van der Waals surface area contributed by atoms with Crippen molar-refractivity contribution in [1.29, 1.82) is 0 Å². The summed E-state index contributed by atoms with van der Waals surface area (Å²) in [5, 5.41) is 7.77. The quantitative estimate of drug-likeness (QED) is 0.892. The van der Waals surface area contributed by atoms with Crippen LogP contribution in [0.5, 0.6) is 0 Å². The van der Waals surface area contributed by atoms with Gasteiger partial charge in [-0.1, -0.05) is 5.16 Å². The van der Waals surface area contributed by atoms with E-state index in [1.54, 1.807) is 27.8 Å². The number of sulfonamides is 1. The Kier molecular flexibility index (Phi) is 3.81. The first-order valence-corrected chi connectivity index (χ1v) is 7.77. The van der Waals surface area contributed by atoms with Gasteiger partial charge in [-0.2, -0.15) is 9.40 Å². The standard InChI is InChI=1S/C12H19N5O3S/c1-7-10(9(3)20-15-7)6-16(4)21(18,19)11-8(2)17(5)14-12(11)13/h6H2,1-5H3,(H2,13,14). The van der Waals surface area contributed by atoms with Gasteiger partial charge in [0.25, 0.3) is 0 Å². The largest absolute Gasteiger partial charge is 0.381 e. The van der Waals surface area contributed by atoms with Crippen LogP contribution in [0.25, 0.3) is 0 Å². The van der Waals surface area contributed by atoms with E-state index in [-0.39, 0.29) is 17.3 Å². The second-order valence-corrected chi connectivity index (χ2v) is 6.97. The van der Waals surface area contributed by atoms with E-state index in [9.17, 15) is 8.42 Å². The number of hydrogen-bond acceptors (Lipinski definition) is 6. The fourth-order valence-corrected chi connectivity index (χ4v) is 3.55. The zero-order valence-corrected chi connectivity index (χ0v) is 13.5. The highest BCUT2D eigenvalue weighted by molar-refractivity contribution is 7.89. The van der Waals surface area contributed by atoms with Crippen LogP contribution in [0.2, 0.25) is 0 Å². The fraction of sp³-hybridized carbons (Fsp3) is 0.500. The number of nitrogens with zero attached hydrogens (tertiary/aromatic N) is 4. The van der Waals surface area contributed by atoms with Gasteiger partial charge in [-0.3, -0.25) is 4.68 Å². The first kappa shape index (κ1) is 15.5. The minimum atomic E-state index is -3.73. The molecule has 0 aromatic carbocycles. The third-order valence-corrected chi connectivity index (χ3v) is 5.50. The second-order valence-electron chi connectivity index (χ2n) is 4.99. The third kappa shape index (κ3) is 2.54. The molecule has 0 aliphatic rings. The maximum Gasteiger partial charge on any atom is 0.248 e. The molecule has 0 saturated carbocycles. The Morgan fingerprint density at radius 2 is 1.95 bits per heavy atom. The Morgan fingerprint density at radius 3 is 2.38 bits per heavy atom. The van der Waals surface area contributed by atoms with E-state index < -0.39 is 10.0 Å². The maximum absolute atomic E-state index is 12.7. The molecule has 0 atom stereocenters. The smallest absolute Gasteiger partial charge is 0.248 e. The molecular formula is C12H19N5O3S. The van der Waals surface area contributed by atoms with Gasteiger partial charge < -0.3 is 10.3 Å². The lowest BCUT2D eigenvalue weighted by molar-refractivity contribution is 0.390. The van der Waals surface area contributed by atoms with Gasteiger partial charge in [-0.25, -0.2) is 8.42 Å². The monoisotopic (exact) mass is 313 g/mol. The predicted octanol–water partition coefficient (Wildman–Crippen LogP) is 0.736. The first-order valence-electron chi connectivity index (χ1n) is 6.33. The van der Waals surface area contributed by atoms with Crippen LogP contribution >= 0.6 is 0 Å². The van der Waals surface area contributed by atoms with Crippen molar-refractivity contribution in [2.75, 3.05) is 12.8 Å². The van der Waals surface area contributed by atoms with Gasteiger partial charge in [0.15, 0.2) is 5.82 Å². The van der Waals surface area contributed by atoms with Crippen molar-refractivity contribution < 1.29 is 12.9 Å². The summed E-state index contributed by atoms with van der Waals surface area (Å²) >= 11 is 0. The number of nitrogen functional groups attached to an aromatic ring is 1. The zero-order chi connectivity index (χ0) is 15.9. The minimum absolute atomic E-state index is 0.000567. The molecule has 8 nitrogen and oxygen atoms in total. The number of anilines is 1. The molecule has 0 bridgehead atoms. The summed E-state index contributed by atoms with van der Waals surface area (Å²) in [5.41, 5.74) is 7.65. The zero-order valence-electron chi connectivity index (χ0n) is 12.7. The summed E-state index contributed by atoms with van der Waals surface area (Å²) < 4.78 is 33.1. The Bertz CT molecular complexity index is 756. The van der Waals surface area contributed by atoms with E-state index in [0.717, 1.165) is 5.56 Å². The van der Waals surface area contributed by atoms with Gasteiger partial charge in [0.1, 0.15) is 10.7 Å². The molecule has 9 heteroatoms. The summed E-state index contributed by atoms with van der Waals surface area (Å²) in [6, 6.07) is 0. The van der Waals surface area contributed by atoms with Gasteiger partial charge in [-0.05, 0) is 20.8 Å². The van der Waals surface area contributed by atoms with E-state index in [1.807, 2.05) is 0 Å². The first-order chi connectivity index (χ1) is 9.66. The van der Waals surface area contributed by atoms with Gasteiger partial charge in [0.2, 0.25) is 10.0 Å². The van der Waals surface area contributed by atoms with Crippen LogP contribution in [-0.4, -0.2) is 34.7 Å². The number of rotatable bonds is 4. The SMILES string of the molecule is Cc1noc(C)c1CN(C)S(=O)(=O)c1c(N)nn(C)c1C. The van der Waals surface area contributed by atoms with Crippen molar-refractivity contribution in [1.82, 2.24) is 19.2 Å². The van der Waals surface area contributed by atoms with Crippen molar-refractivity contribution in [2.45, 2.75) is 32.2 Å². The molecule has 2 aromatic heterocycles. The highest BCUT2D eigenvalue weighted by atomic mass is 32.2. The van der Waals surface area contributed by atoms with Gasteiger partial charge >= 0.3 is 0 Å². The van der Waals surface area contributed by atoms with E-state index in [0.29, 0.717) is 17.1 Å². The predicted molar refractivity (Wildman–Crippen MR) is 77.0 cm³/mol. The van der Waals surface area contributed by atoms with E-state index in [1.165, 1.54) is 16.0 Å². The van der Waals surface area contributed by atoms with Gasteiger partial charge in [0, 0.05) is 26.2 Å². The topological polar surface area (TPSA) is 107 Å². The molecule has 0 radical (unpaired) electrons. The van der Waals surface area contributed by atoms with Gasteiger partial charge in [0.05, 0.1) is 11.4 Å². The van der Waals surface area contributed by atoms with Crippen LogP contribution < -0.4 is 5.73 Å². The molecule has 0 aliphatic heterocycles. The minimum Gasteiger partial charge on any atom is -0.381 e. The highest BCUT2D eigenvalue weighted by Crippen LogP contribution is 2.26. The van der Waals surface area contributed by atoms with E-state index >= 15 is 0 Å². The second kappa shape index (κ2) is 5.15. The van der Waals surface area contributed by atoms with E-state index in [4.69, 9.17) is 10.3 Å². The molecule has 2 rings (SSSR count). The average molecular weight is 313 g/mol. The highest BCUT2D eigenvalue weighted by Gasteiger charge is 2.30. The molecule has 116 valence electrons. The molecule has 0 spiro atoms. The van der Waals surface area contributed by atoms with Crippen LogP contribution in [0, 0.1) is 20.8 Å². The summed E-state index contributed by atoms with van der Waals surface area (Å²) in [4.78, 5) is 0.0410. The molecular weight excluding hydrogens is 294 g/mol. The molecule has 2 N–H and O–H groups in total. The summed E-state index contributed by atoms with van der Waals surface area (Å²) in [6.07, 6.45) is 0. The van der Waals surface area contributed by atoms with Crippen molar-refractivity contribution >= 4 is 15.8 Å². The maximum atomic E-state index is 12.7. The Morgan fingerprint density at radius 1 is 1.33 bits per heavy atom. The van der Waals surface area contributed by atoms with Crippen molar-refractivity contribution in [2.24, 2.45) is 7.05 Å². The lowest BCUT2D eigenvalue weighted by atomic mass is 10.2. The summed E-state index contributed by atoms with van der Waals surface area (Å²) in [6.45, 7) is 5.35.